The summed E-state index contributed by atoms with van der Waals surface area (Å²) in [6.45, 7) is 5.83. The highest BCUT2D eigenvalue weighted by Crippen LogP contribution is 2.49. The molecular weight excluding hydrogens is 397 g/mol. The van der Waals surface area contributed by atoms with Crippen molar-refractivity contribution in [1.29, 1.82) is 0 Å². The molecule has 7 heteroatoms. The molecule has 1 aromatic carbocycles. The molecule has 0 N–H and O–H groups in total. The van der Waals surface area contributed by atoms with Crippen LogP contribution in [0.5, 0.6) is 0 Å². The molecule has 0 bridgehead atoms. The maximum Gasteiger partial charge on any atom is 0.411 e. The second-order valence-electron chi connectivity index (χ2n) is 8.99. The number of ketones is 1. The number of nitrogens with zero attached hydrogens (tertiary/aromatic N) is 1. The number of Topliss-reactive ketones (excluding diaryl/α,β-unsaturated/α-hetero) is 1. The van der Waals surface area contributed by atoms with Crippen molar-refractivity contribution in [1.82, 2.24) is 4.90 Å². The van der Waals surface area contributed by atoms with E-state index in [0.717, 1.165) is 6.42 Å². The second-order valence-corrected chi connectivity index (χ2v) is 9.40. The number of carbonyl (C=O) groups is 2. The molecule has 0 unspecified atom stereocenters. The Kier molecular flexibility index (Phi) is 6.54. The van der Waals surface area contributed by atoms with Gasteiger partial charge in [0, 0.05) is 26.2 Å². The van der Waals surface area contributed by atoms with Gasteiger partial charge >= 0.3 is 6.09 Å². The second kappa shape index (κ2) is 8.60. The molecule has 0 aromatic heterocycles. The fourth-order valence-electron chi connectivity index (χ4n) is 4.16. The quantitative estimate of drug-likeness (QED) is 0.619. The largest absolute Gasteiger partial charge is 0.444 e. The van der Waals surface area contributed by atoms with Gasteiger partial charge in [0.15, 0.2) is 5.78 Å². The Morgan fingerprint density at radius 3 is 2.69 bits per heavy atom. The van der Waals surface area contributed by atoms with Crippen molar-refractivity contribution in [2.75, 3.05) is 13.7 Å². The van der Waals surface area contributed by atoms with Crippen LogP contribution in [0, 0.1) is 11.7 Å². The zero-order valence-corrected chi connectivity index (χ0v) is 18.2. The molecular formula is C22H29ClFNO4. The predicted octanol–water partition coefficient (Wildman–Crippen LogP) is 4.96. The lowest BCUT2D eigenvalue weighted by Gasteiger charge is -2.30. The van der Waals surface area contributed by atoms with Crippen LogP contribution in [0.2, 0.25) is 5.02 Å². The summed E-state index contributed by atoms with van der Waals surface area (Å²) in [5.41, 5.74) is -0.211. The van der Waals surface area contributed by atoms with Crippen LogP contribution < -0.4 is 0 Å². The molecule has 1 amide bonds. The lowest BCUT2D eigenvalue weighted by molar-refractivity contribution is -0.124. The van der Waals surface area contributed by atoms with Gasteiger partial charge in [-0.05, 0) is 63.5 Å². The highest BCUT2D eigenvalue weighted by Gasteiger charge is 2.57. The van der Waals surface area contributed by atoms with Crippen LogP contribution in [0.4, 0.5) is 9.18 Å². The summed E-state index contributed by atoms with van der Waals surface area (Å²) in [6, 6.07) is 4.40. The number of piperidine rings is 1. The van der Waals surface area contributed by atoms with Crippen molar-refractivity contribution >= 4 is 23.5 Å². The molecule has 1 aliphatic heterocycles. The van der Waals surface area contributed by atoms with Crippen LogP contribution in [0.3, 0.4) is 0 Å². The fraction of sp³-hybridized carbons (Fsp3) is 0.636. The molecule has 2 aliphatic rings. The topological polar surface area (TPSA) is 55.8 Å². The Morgan fingerprint density at radius 1 is 1.31 bits per heavy atom. The first-order valence-corrected chi connectivity index (χ1v) is 10.5. The van der Waals surface area contributed by atoms with Gasteiger partial charge in [0.2, 0.25) is 0 Å². The van der Waals surface area contributed by atoms with Crippen molar-refractivity contribution in [2.45, 2.75) is 70.1 Å². The molecule has 1 aliphatic carbocycles. The molecule has 3 rings (SSSR count). The Labute approximate surface area is 176 Å². The SMILES string of the molecule is COCC[C@@H](CC(=O)[C@@H]1C[C@H]2C[C@H]2N1C(=O)OC(C)(C)C)c1cccc(Cl)c1F. The zero-order valence-electron chi connectivity index (χ0n) is 17.4. The molecule has 1 saturated heterocycles. The first-order chi connectivity index (χ1) is 13.6. The number of hydrogen-bond acceptors (Lipinski definition) is 4. The summed E-state index contributed by atoms with van der Waals surface area (Å²) in [7, 11) is 1.57. The molecule has 160 valence electrons. The van der Waals surface area contributed by atoms with Crippen LogP contribution in [-0.2, 0) is 14.3 Å². The van der Waals surface area contributed by atoms with Crippen molar-refractivity contribution < 1.29 is 23.5 Å². The number of benzene rings is 1. The highest BCUT2D eigenvalue weighted by atomic mass is 35.5. The average molecular weight is 426 g/mol. The average Bonchev–Trinajstić information content (AvgIpc) is 3.28. The monoisotopic (exact) mass is 425 g/mol. The molecule has 1 saturated carbocycles. The molecule has 1 heterocycles. The van der Waals surface area contributed by atoms with Crippen LogP contribution in [-0.4, -0.2) is 48.2 Å². The van der Waals surface area contributed by atoms with Crippen LogP contribution in [0.1, 0.15) is 57.9 Å². The van der Waals surface area contributed by atoms with Gasteiger partial charge in [0.05, 0.1) is 11.1 Å². The normalized spacial score (nSPS) is 24.2. The number of carbonyl (C=O) groups excluding carboxylic acids is 2. The maximum atomic E-state index is 14.6. The van der Waals surface area contributed by atoms with E-state index in [1.807, 2.05) is 20.8 Å². The number of likely N-dealkylation sites (tertiary alicyclic amines) is 1. The molecule has 4 atom stereocenters. The van der Waals surface area contributed by atoms with E-state index >= 15 is 0 Å². The lowest BCUT2D eigenvalue weighted by atomic mass is 9.88. The summed E-state index contributed by atoms with van der Waals surface area (Å²) in [6.07, 6.45) is 1.75. The number of methoxy groups -OCH3 is 1. The van der Waals surface area contributed by atoms with Gasteiger partial charge in [-0.2, -0.15) is 0 Å². The van der Waals surface area contributed by atoms with E-state index < -0.39 is 23.6 Å². The van der Waals surface area contributed by atoms with Gasteiger partial charge in [-0.25, -0.2) is 9.18 Å². The minimum absolute atomic E-state index is 0.0369. The molecule has 5 nitrogen and oxygen atoms in total. The van der Waals surface area contributed by atoms with E-state index in [1.54, 1.807) is 24.1 Å². The first kappa shape index (κ1) is 22.0. The minimum atomic E-state index is -0.622. The van der Waals surface area contributed by atoms with Crippen molar-refractivity contribution in [3.8, 4) is 0 Å². The predicted molar refractivity (Wildman–Crippen MR) is 109 cm³/mol. The Bertz CT molecular complexity index is 779. The lowest BCUT2D eigenvalue weighted by Crippen LogP contribution is -2.45. The summed E-state index contributed by atoms with van der Waals surface area (Å²) in [5, 5.41) is 0.0369. The minimum Gasteiger partial charge on any atom is -0.444 e. The fourth-order valence-corrected chi connectivity index (χ4v) is 4.35. The summed E-state index contributed by atoms with van der Waals surface area (Å²) in [4.78, 5) is 27.5. The van der Waals surface area contributed by atoms with E-state index in [4.69, 9.17) is 21.1 Å². The summed E-state index contributed by atoms with van der Waals surface area (Å²) >= 11 is 5.95. The number of ether oxygens (including phenoxy) is 2. The summed E-state index contributed by atoms with van der Waals surface area (Å²) in [5.74, 6) is -0.569. The Morgan fingerprint density at radius 2 is 2.03 bits per heavy atom. The van der Waals surface area contributed by atoms with Crippen LogP contribution in [0.25, 0.3) is 0 Å². The number of fused-ring (bicyclic) bond motifs is 1. The smallest absolute Gasteiger partial charge is 0.411 e. The van der Waals surface area contributed by atoms with Gasteiger partial charge in [-0.1, -0.05) is 23.7 Å². The number of hydrogen-bond donors (Lipinski definition) is 0. The van der Waals surface area contributed by atoms with Crippen molar-refractivity contribution in [3.05, 3.63) is 34.6 Å². The van der Waals surface area contributed by atoms with Gasteiger partial charge in [-0.15, -0.1) is 0 Å². The van der Waals surface area contributed by atoms with Gasteiger partial charge in [0.1, 0.15) is 11.4 Å². The van der Waals surface area contributed by atoms with Crippen molar-refractivity contribution in [2.24, 2.45) is 5.92 Å². The maximum absolute atomic E-state index is 14.6. The van der Waals surface area contributed by atoms with E-state index in [-0.39, 0.29) is 29.2 Å². The van der Waals surface area contributed by atoms with E-state index in [1.165, 1.54) is 6.07 Å². The number of halogens is 2. The zero-order chi connectivity index (χ0) is 21.3. The first-order valence-electron chi connectivity index (χ1n) is 10.1. The third kappa shape index (κ3) is 5.10. The van der Waals surface area contributed by atoms with E-state index in [2.05, 4.69) is 0 Å². The molecule has 0 radical (unpaired) electrons. The molecule has 0 spiro atoms. The standard InChI is InChI=1S/C22H29ClFNO4/c1-22(2,3)29-21(27)25-17-10-14(17)11-18(25)19(26)12-13(8-9-28-4)15-6-5-7-16(23)20(15)24/h5-7,13-14,17-18H,8-12H2,1-4H3/t13-,14+,17+,18-/m0/s1. The van der Waals surface area contributed by atoms with Gasteiger partial charge < -0.3 is 9.47 Å². The molecule has 29 heavy (non-hydrogen) atoms. The highest BCUT2D eigenvalue weighted by molar-refractivity contribution is 6.30. The van der Waals surface area contributed by atoms with E-state index in [0.29, 0.717) is 30.9 Å². The molecule has 1 aromatic rings. The van der Waals surface area contributed by atoms with Gasteiger partial charge in [0.25, 0.3) is 0 Å². The summed E-state index contributed by atoms with van der Waals surface area (Å²) < 4.78 is 25.3. The third-order valence-corrected chi connectivity index (χ3v) is 5.91. The van der Waals surface area contributed by atoms with E-state index in [9.17, 15) is 14.0 Å². The third-order valence-electron chi connectivity index (χ3n) is 5.62. The number of amides is 1. The van der Waals surface area contributed by atoms with Crippen LogP contribution in [0.15, 0.2) is 18.2 Å². The Hall–Kier alpha value is -1.66. The van der Waals surface area contributed by atoms with Crippen molar-refractivity contribution in [3.63, 3.8) is 0 Å². The molecule has 2 fully saturated rings. The van der Waals surface area contributed by atoms with Crippen LogP contribution >= 0.6 is 11.6 Å². The number of rotatable bonds is 7. The Balaban J connectivity index is 1.76. The van der Waals surface area contributed by atoms with Gasteiger partial charge in [-0.3, -0.25) is 9.69 Å².